The van der Waals surface area contributed by atoms with Crippen LogP contribution in [0.1, 0.15) is 10.5 Å². The summed E-state index contributed by atoms with van der Waals surface area (Å²) in [7, 11) is 1.15. The average Bonchev–Trinajstić information content (AvgIpc) is 2.51. The minimum atomic E-state index is -1.42. The fourth-order valence-corrected chi connectivity index (χ4v) is 2.04. The number of esters is 1. The zero-order chi connectivity index (χ0) is 15.4. The van der Waals surface area contributed by atoms with Crippen LogP contribution in [0.4, 0.5) is 0 Å². The van der Waals surface area contributed by atoms with E-state index >= 15 is 0 Å². The molecule has 1 amide bonds. The summed E-state index contributed by atoms with van der Waals surface area (Å²) in [5.74, 6) is -1.36. The smallest absolute Gasteiger partial charge is 0.336 e. The topological polar surface area (TPSA) is 88.5 Å². The number of hydrogen-bond acceptors (Lipinski definition) is 5. The highest BCUT2D eigenvalue weighted by Crippen LogP contribution is 2.22. The van der Waals surface area contributed by atoms with Gasteiger partial charge < -0.3 is 15.2 Å². The second kappa shape index (κ2) is 6.51. The maximum Gasteiger partial charge on any atom is 0.336 e. The van der Waals surface area contributed by atoms with Crippen molar-refractivity contribution in [1.29, 1.82) is 0 Å². The molecule has 2 aromatic rings. The van der Waals surface area contributed by atoms with E-state index in [1.54, 1.807) is 12.1 Å². The SMILES string of the molecule is COC(=O)C(O)CNC(=O)c1cc2ccccc2c(Cl)n1. The zero-order valence-corrected chi connectivity index (χ0v) is 11.9. The first kappa shape index (κ1) is 15.2. The number of amides is 1. The molecule has 1 aromatic heterocycles. The van der Waals surface area contributed by atoms with Gasteiger partial charge in [-0.3, -0.25) is 4.79 Å². The summed E-state index contributed by atoms with van der Waals surface area (Å²) >= 11 is 6.03. The van der Waals surface area contributed by atoms with Crippen LogP contribution in [0, 0.1) is 0 Å². The van der Waals surface area contributed by atoms with E-state index in [4.69, 9.17) is 11.6 Å². The van der Waals surface area contributed by atoms with Crippen molar-refractivity contribution in [3.8, 4) is 0 Å². The van der Waals surface area contributed by atoms with Gasteiger partial charge in [0.2, 0.25) is 0 Å². The molecule has 0 aliphatic heterocycles. The molecular formula is C14H13ClN2O4. The van der Waals surface area contributed by atoms with Crippen LogP contribution in [-0.4, -0.2) is 41.7 Å². The molecule has 6 nitrogen and oxygen atoms in total. The molecule has 0 saturated carbocycles. The van der Waals surface area contributed by atoms with Gasteiger partial charge in [-0.15, -0.1) is 0 Å². The predicted molar refractivity (Wildman–Crippen MR) is 77.1 cm³/mol. The van der Waals surface area contributed by atoms with Crippen molar-refractivity contribution in [2.75, 3.05) is 13.7 Å². The predicted octanol–water partition coefficient (Wildman–Crippen LogP) is 1.15. The number of aromatic nitrogens is 1. The molecule has 110 valence electrons. The van der Waals surface area contributed by atoms with Gasteiger partial charge in [-0.1, -0.05) is 35.9 Å². The fraction of sp³-hybridized carbons (Fsp3) is 0.214. The molecule has 2 N–H and O–H groups in total. The summed E-state index contributed by atoms with van der Waals surface area (Å²) in [6.45, 7) is -0.266. The summed E-state index contributed by atoms with van der Waals surface area (Å²) in [5, 5.41) is 13.5. The van der Waals surface area contributed by atoms with E-state index in [1.165, 1.54) is 0 Å². The summed E-state index contributed by atoms with van der Waals surface area (Å²) in [6, 6.07) is 8.83. The number of hydrogen-bond donors (Lipinski definition) is 2. The number of pyridine rings is 1. The third-order valence-electron chi connectivity index (χ3n) is 2.86. The van der Waals surface area contributed by atoms with Crippen LogP contribution in [0.5, 0.6) is 0 Å². The lowest BCUT2D eigenvalue weighted by Crippen LogP contribution is -2.37. The Morgan fingerprint density at radius 1 is 1.43 bits per heavy atom. The number of aliphatic hydroxyl groups excluding tert-OH is 1. The van der Waals surface area contributed by atoms with Crippen LogP contribution in [0.25, 0.3) is 10.8 Å². The van der Waals surface area contributed by atoms with E-state index in [1.807, 2.05) is 18.2 Å². The van der Waals surface area contributed by atoms with Crippen molar-refractivity contribution >= 4 is 34.2 Å². The van der Waals surface area contributed by atoms with E-state index in [0.29, 0.717) is 0 Å². The normalized spacial score (nSPS) is 12.0. The quantitative estimate of drug-likeness (QED) is 0.653. The monoisotopic (exact) mass is 308 g/mol. The number of ether oxygens (including phenoxy) is 1. The van der Waals surface area contributed by atoms with Gasteiger partial charge in [-0.25, -0.2) is 9.78 Å². The van der Waals surface area contributed by atoms with Gasteiger partial charge >= 0.3 is 5.97 Å². The Morgan fingerprint density at radius 3 is 2.86 bits per heavy atom. The van der Waals surface area contributed by atoms with Crippen LogP contribution in [0.15, 0.2) is 30.3 Å². The molecule has 1 heterocycles. The van der Waals surface area contributed by atoms with E-state index < -0.39 is 18.0 Å². The standard InChI is InChI=1S/C14H13ClN2O4/c1-21-14(20)11(18)7-16-13(19)10-6-8-4-2-3-5-9(8)12(15)17-10/h2-6,11,18H,7H2,1H3,(H,16,19). The molecule has 0 aliphatic rings. The lowest BCUT2D eigenvalue weighted by Gasteiger charge is -2.10. The van der Waals surface area contributed by atoms with E-state index in [0.717, 1.165) is 17.9 Å². The lowest BCUT2D eigenvalue weighted by molar-refractivity contribution is -0.149. The number of aliphatic hydroxyl groups is 1. The lowest BCUT2D eigenvalue weighted by atomic mass is 10.1. The number of halogens is 1. The Hall–Kier alpha value is -2.18. The maximum atomic E-state index is 12.0. The Labute approximate surface area is 125 Å². The summed E-state index contributed by atoms with van der Waals surface area (Å²) in [6.07, 6.45) is -1.42. The van der Waals surface area contributed by atoms with Crippen LogP contribution in [0.3, 0.4) is 0 Å². The number of nitrogens with one attached hydrogen (secondary N) is 1. The van der Waals surface area contributed by atoms with Crippen LogP contribution in [0.2, 0.25) is 5.15 Å². The zero-order valence-electron chi connectivity index (χ0n) is 11.2. The van der Waals surface area contributed by atoms with Gasteiger partial charge in [-0.05, 0) is 11.5 Å². The van der Waals surface area contributed by atoms with Gasteiger partial charge in [0.1, 0.15) is 10.8 Å². The maximum absolute atomic E-state index is 12.0. The molecule has 0 radical (unpaired) electrons. The number of nitrogens with zero attached hydrogens (tertiary/aromatic N) is 1. The molecule has 0 fully saturated rings. The first-order chi connectivity index (χ1) is 10.0. The van der Waals surface area contributed by atoms with Crippen molar-refractivity contribution in [2.45, 2.75) is 6.10 Å². The van der Waals surface area contributed by atoms with Gasteiger partial charge in [0.25, 0.3) is 5.91 Å². The Bertz CT molecular complexity index is 690. The number of rotatable bonds is 4. The first-order valence-electron chi connectivity index (χ1n) is 6.12. The van der Waals surface area contributed by atoms with Gasteiger partial charge in [0.15, 0.2) is 6.10 Å². The van der Waals surface area contributed by atoms with Crippen LogP contribution < -0.4 is 5.32 Å². The first-order valence-corrected chi connectivity index (χ1v) is 6.50. The number of fused-ring (bicyclic) bond motifs is 1. The average molecular weight is 309 g/mol. The number of carbonyl (C=O) groups excluding carboxylic acids is 2. The highest BCUT2D eigenvalue weighted by Gasteiger charge is 2.18. The molecule has 7 heteroatoms. The molecule has 1 unspecified atom stereocenters. The minimum absolute atomic E-state index is 0.107. The van der Waals surface area contributed by atoms with E-state index in [2.05, 4.69) is 15.0 Å². The summed E-state index contributed by atoms with van der Waals surface area (Å²) in [4.78, 5) is 27.0. The Kier molecular flexibility index (Phi) is 4.72. The molecule has 2 rings (SSSR count). The number of methoxy groups -OCH3 is 1. The number of carbonyl (C=O) groups is 2. The number of benzene rings is 1. The van der Waals surface area contributed by atoms with Crippen LogP contribution in [-0.2, 0) is 9.53 Å². The fourth-order valence-electron chi connectivity index (χ4n) is 1.77. The van der Waals surface area contributed by atoms with Gasteiger partial charge in [0, 0.05) is 5.39 Å². The van der Waals surface area contributed by atoms with Crippen molar-refractivity contribution in [2.24, 2.45) is 0 Å². The highest BCUT2D eigenvalue weighted by atomic mass is 35.5. The molecule has 1 aromatic carbocycles. The van der Waals surface area contributed by atoms with Crippen molar-refractivity contribution in [3.05, 3.63) is 41.2 Å². The molecule has 0 spiro atoms. The second-order valence-corrected chi connectivity index (χ2v) is 4.63. The third kappa shape index (κ3) is 3.48. The van der Waals surface area contributed by atoms with Gasteiger partial charge in [-0.2, -0.15) is 0 Å². The molecule has 0 bridgehead atoms. The molecule has 1 atom stereocenters. The molecule has 21 heavy (non-hydrogen) atoms. The van der Waals surface area contributed by atoms with Gasteiger partial charge in [0.05, 0.1) is 13.7 Å². The third-order valence-corrected chi connectivity index (χ3v) is 3.14. The van der Waals surface area contributed by atoms with Crippen molar-refractivity contribution in [1.82, 2.24) is 10.3 Å². The molecular weight excluding hydrogens is 296 g/mol. The van der Waals surface area contributed by atoms with Crippen molar-refractivity contribution < 1.29 is 19.4 Å². The van der Waals surface area contributed by atoms with E-state index in [9.17, 15) is 14.7 Å². The summed E-state index contributed by atoms with van der Waals surface area (Å²) < 4.78 is 4.35. The largest absolute Gasteiger partial charge is 0.467 e. The van der Waals surface area contributed by atoms with Crippen molar-refractivity contribution in [3.63, 3.8) is 0 Å². The second-order valence-electron chi connectivity index (χ2n) is 4.27. The Morgan fingerprint density at radius 2 is 2.14 bits per heavy atom. The highest BCUT2D eigenvalue weighted by molar-refractivity contribution is 6.34. The molecule has 0 saturated heterocycles. The minimum Gasteiger partial charge on any atom is -0.467 e. The van der Waals surface area contributed by atoms with Crippen LogP contribution >= 0.6 is 11.6 Å². The summed E-state index contributed by atoms with van der Waals surface area (Å²) in [5.41, 5.74) is 0.107. The molecule has 0 aliphatic carbocycles. The Balaban J connectivity index is 2.15. The van der Waals surface area contributed by atoms with E-state index in [-0.39, 0.29) is 17.4 Å².